The van der Waals surface area contributed by atoms with Crippen molar-refractivity contribution >= 4 is 16.9 Å². The van der Waals surface area contributed by atoms with Crippen LogP contribution in [-0.2, 0) is 7.05 Å². The molecule has 0 aliphatic carbocycles. The first-order chi connectivity index (χ1) is 9.56. The number of aromatic carboxylic acids is 1. The van der Waals surface area contributed by atoms with Gasteiger partial charge in [0.1, 0.15) is 5.75 Å². The fourth-order valence-corrected chi connectivity index (χ4v) is 2.25. The summed E-state index contributed by atoms with van der Waals surface area (Å²) in [5.41, 5.74) is 2.68. The molecule has 0 unspecified atom stereocenters. The van der Waals surface area contributed by atoms with Crippen LogP contribution in [-0.4, -0.2) is 25.7 Å². The lowest BCUT2D eigenvalue weighted by Crippen LogP contribution is -1.98. The Morgan fingerprint density at radius 2 is 2.00 bits per heavy atom. The molecule has 5 nitrogen and oxygen atoms in total. The molecule has 3 rings (SSSR count). The number of phenolic OH excluding ortho intramolecular Hbond substituents is 1. The molecular formula is C15H12N2O3. The van der Waals surface area contributed by atoms with Crippen molar-refractivity contribution in [2.24, 2.45) is 7.05 Å². The van der Waals surface area contributed by atoms with E-state index in [1.54, 1.807) is 18.2 Å². The van der Waals surface area contributed by atoms with Crippen LogP contribution in [0, 0.1) is 0 Å². The summed E-state index contributed by atoms with van der Waals surface area (Å²) in [6.45, 7) is 0. The number of hydrogen-bond donors (Lipinski definition) is 2. The van der Waals surface area contributed by atoms with Crippen LogP contribution in [0.2, 0.25) is 0 Å². The molecule has 0 aliphatic heterocycles. The third-order valence-corrected chi connectivity index (χ3v) is 3.30. The molecule has 100 valence electrons. The van der Waals surface area contributed by atoms with Gasteiger partial charge in [0.25, 0.3) is 0 Å². The quantitative estimate of drug-likeness (QED) is 0.749. The topological polar surface area (TPSA) is 75.4 Å². The predicted molar refractivity (Wildman–Crippen MR) is 74.8 cm³/mol. The average molecular weight is 268 g/mol. The largest absolute Gasteiger partial charge is 0.508 e. The van der Waals surface area contributed by atoms with Crippen LogP contribution in [0.15, 0.2) is 42.6 Å². The van der Waals surface area contributed by atoms with Gasteiger partial charge in [-0.3, -0.25) is 4.98 Å². The molecule has 2 heterocycles. The summed E-state index contributed by atoms with van der Waals surface area (Å²) in [6, 6.07) is 10.3. The number of pyridine rings is 1. The molecule has 0 aliphatic rings. The molecule has 0 radical (unpaired) electrons. The molecule has 0 bridgehead atoms. The fraction of sp³-hybridized carbons (Fsp3) is 0.0667. The second kappa shape index (κ2) is 4.38. The van der Waals surface area contributed by atoms with Crippen LogP contribution >= 0.6 is 0 Å². The van der Waals surface area contributed by atoms with Gasteiger partial charge in [-0.25, -0.2) is 4.79 Å². The van der Waals surface area contributed by atoms with Crippen LogP contribution in [0.1, 0.15) is 10.4 Å². The molecular weight excluding hydrogens is 256 g/mol. The normalized spacial score (nSPS) is 10.8. The Kier molecular flexibility index (Phi) is 2.68. The molecule has 0 spiro atoms. The standard InChI is InChI=1S/C15H12N2O3/c1-17-13-5-3-11(18)6-10(13)7-14(17)12-4-2-9(8-16-12)15(19)20/h2-8,18H,1H3,(H,19,20). The van der Waals surface area contributed by atoms with E-state index in [2.05, 4.69) is 4.98 Å². The number of carboxylic acids is 1. The third kappa shape index (κ3) is 1.89. The van der Waals surface area contributed by atoms with Crippen LogP contribution in [0.3, 0.4) is 0 Å². The lowest BCUT2D eigenvalue weighted by atomic mass is 10.2. The summed E-state index contributed by atoms with van der Waals surface area (Å²) in [4.78, 5) is 15.0. The number of aromatic hydroxyl groups is 1. The minimum Gasteiger partial charge on any atom is -0.508 e. The van der Waals surface area contributed by atoms with Gasteiger partial charge < -0.3 is 14.8 Å². The van der Waals surface area contributed by atoms with Crippen molar-refractivity contribution in [3.63, 3.8) is 0 Å². The van der Waals surface area contributed by atoms with Crippen molar-refractivity contribution in [1.29, 1.82) is 0 Å². The van der Waals surface area contributed by atoms with Gasteiger partial charge in [0, 0.05) is 24.1 Å². The van der Waals surface area contributed by atoms with Gasteiger partial charge in [-0.1, -0.05) is 0 Å². The average Bonchev–Trinajstić information content (AvgIpc) is 2.75. The number of fused-ring (bicyclic) bond motifs is 1. The van der Waals surface area contributed by atoms with Crippen LogP contribution in [0.25, 0.3) is 22.3 Å². The van der Waals surface area contributed by atoms with E-state index in [0.29, 0.717) is 5.69 Å². The number of aryl methyl sites for hydroxylation is 1. The van der Waals surface area contributed by atoms with Crippen LogP contribution < -0.4 is 0 Å². The molecule has 2 N–H and O–H groups in total. The molecule has 0 saturated carbocycles. The first kappa shape index (κ1) is 12.2. The number of benzene rings is 1. The molecule has 20 heavy (non-hydrogen) atoms. The van der Waals surface area contributed by atoms with E-state index in [-0.39, 0.29) is 11.3 Å². The number of hydrogen-bond acceptors (Lipinski definition) is 3. The zero-order valence-corrected chi connectivity index (χ0v) is 10.7. The lowest BCUT2D eigenvalue weighted by Gasteiger charge is -2.04. The van der Waals surface area contributed by atoms with Crippen molar-refractivity contribution in [2.45, 2.75) is 0 Å². The molecule has 2 aromatic heterocycles. The Morgan fingerprint density at radius 3 is 2.65 bits per heavy atom. The summed E-state index contributed by atoms with van der Waals surface area (Å²) >= 11 is 0. The fourth-order valence-electron chi connectivity index (χ4n) is 2.25. The second-order valence-electron chi connectivity index (χ2n) is 4.57. The van der Waals surface area contributed by atoms with E-state index in [1.807, 2.05) is 23.7 Å². The van der Waals surface area contributed by atoms with Crippen molar-refractivity contribution in [3.8, 4) is 17.1 Å². The highest BCUT2D eigenvalue weighted by Crippen LogP contribution is 2.28. The monoisotopic (exact) mass is 268 g/mol. The minimum absolute atomic E-state index is 0.158. The van der Waals surface area contributed by atoms with Gasteiger partial charge in [0.2, 0.25) is 0 Å². The zero-order chi connectivity index (χ0) is 14.3. The van der Waals surface area contributed by atoms with Crippen molar-refractivity contribution in [2.75, 3.05) is 0 Å². The highest BCUT2D eigenvalue weighted by atomic mass is 16.4. The van der Waals surface area contributed by atoms with Gasteiger partial charge in [-0.2, -0.15) is 0 Å². The maximum absolute atomic E-state index is 10.8. The van der Waals surface area contributed by atoms with E-state index in [9.17, 15) is 9.90 Å². The summed E-state index contributed by atoms with van der Waals surface area (Å²) < 4.78 is 1.96. The van der Waals surface area contributed by atoms with Gasteiger partial charge in [0.15, 0.2) is 0 Å². The second-order valence-corrected chi connectivity index (χ2v) is 4.57. The van der Waals surface area contributed by atoms with Gasteiger partial charge in [-0.15, -0.1) is 0 Å². The maximum atomic E-state index is 10.8. The predicted octanol–water partition coefficient (Wildman–Crippen LogP) is 2.64. The Bertz CT molecular complexity index is 804. The molecule has 0 saturated heterocycles. The van der Waals surface area contributed by atoms with E-state index >= 15 is 0 Å². The number of rotatable bonds is 2. The minimum atomic E-state index is -0.994. The number of carboxylic acid groups (broad SMARTS) is 1. The van der Waals surface area contributed by atoms with Crippen molar-refractivity contribution in [3.05, 3.63) is 48.2 Å². The first-order valence-electron chi connectivity index (χ1n) is 6.04. The smallest absolute Gasteiger partial charge is 0.337 e. The highest BCUT2D eigenvalue weighted by molar-refractivity contribution is 5.89. The molecule has 3 aromatic rings. The Hall–Kier alpha value is -2.82. The number of aromatic nitrogens is 2. The third-order valence-electron chi connectivity index (χ3n) is 3.30. The Balaban J connectivity index is 2.14. The number of phenols is 1. The maximum Gasteiger partial charge on any atom is 0.337 e. The van der Waals surface area contributed by atoms with Gasteiger partial charge in [-0.05, 0) is 36.4 Å². The summed E-state index contributed by atoms with van der Waals surface area (Å²) in [7, 11) is 1.90. The van der Waals surface area contributed by atoms with E-state index < -0.39 is 5.97 Å². The first-order valence-corrected chi connectivity index (χ1v) is 6.04. The van der Waals surface area contributed by atoms with Gasteiger partial charge >= 0.3 is 5.97 Å². The molecule has 0 amide bonds. The highest BCUT2D eigenvalue weighted by Gasteiger charge is 2.10. The molecule has 1 aromatic carbocycles. The molecule has 0 fully saturated rings. The van der Waals surface area contributed by atoms with Crippen LogP contribution in [0.5, 0.6) is 5.75 Å². The van der Waals surface area contributed by atoms with E-state index in [1.165, 1.54) is 12.3 Å². The van der Waals surface area contributed by atoms with Crippen molar-refractivity contribution in [1.82, 2.24) is 9.55 Å². The van der Waals surface area contributed by atoms with Crippen molar-refractivity contribution < 1.29 is 15.0 Å². The molecule has 0 atom stereocenters. The lowest BCUT2D eigenvalue weighted by molar-refractivity contribution is 0.0696. The SMILES string of the molecule is Cn1c(-c2ccc(C(=O)O)cn2)cc2cc(O)ccc21. The van der Waals surface area contributed by atoms with Crippen LogP contribution in [0.4, 0.5) is 0 Å². The Morgan fingerprint density at radius 1 is 1.20 bits per heavy atom. The Labute approximate surface area is 114 Å². The van der Waals surface area contributed by atoms with Gasteiger partial charge in [0.05, 0.1) is 17.0 Å². The van der Waals surface area contributed by atoms with E-state index in [0.717, 1.165) is 16.6 Å². The number of nitrogens with zero attached hydrogens (tertiary/aromatic N) is 2. The molecule has 5 heteroatoms. The number of carbonyl (C=O) groups is 1. The summed E-state index contributed by atoms with van der Waals surface area (Å²) in [5.74, 6) is -0.783. The van der Waals surface area contributed by atoms with E-state index in [4.69, 9.17) is 5.11 Å². The zero-order valence-electron chi connectivity index (χ0n) is 10.7. The summed E-state index contributed by atoms with van der Waals surface area (Å²) in [6.07, 6.45) is 1.34. The summed E-state index contributed by atoms with van der Waals surface area (Å²) in [5, 5.41) is 19.3.